The van der Waals surface area contributed by atoms with Gasteiger partial charge in [-0.25, -0.2) is 0 Å². The predicted molar refractivity (Wildman–Crippen MR) is 114 cm³/mol. The van der Waals surface area contributed by atoms with Crippen molar-refractivity contribution in [2.45, 2.75) is 6.92 Å². The molecule has 0 amide bonds. The van der Waals surface area contributed by atoms with E-state index < -0.39 is 0 Å². The van der Waals surface area contributed by atoms with Gasteiger partial charge < -0.3 is 15.4 Å². The Morgan fingerprint density at radius 2 is 1.47 bits per heavy atom. The number of fused-ring (bicyclic) bond motifs is 1. The Bertz CT molecular complexity index is 1300. The van der Waals surface area contributed by atoms with Crippen LogP contribution in [0.2, 0.25) is 0 Å². The normalized spacial score (nSPS) is 12.0. The summed E-state index contributed by atoms with van der Waals surface area (Å²) in [5.41, 5.74) is 1.81. The highest BCUT2D eigenvalue weighted by molar-refractivity contribution is 5.95. The van der Waals surface area contributed by atoms with Gasteiger partial charge in [0.15, 0.2) is 11.4 Å². The van der Waals surface area contributed by atoms with Gasteiger partial charge in [0.05, 0.1) is 0 Å². The van der Waals surface area contributed by atoms with Gasteiger partial charge in [-0.2, -0.15) is 0 Å². The number of hydrogen-bond donors (Lipinski definition) is 2. The van der Waals surface area contributed by atoms with Crippen molar-refractivity contribution in [2.24, 2.45) is 15.3 Å². The van der Waals surface area contributed by atoms with Crippen LogP contribution in [0.5, 0.6) is 11.5 Å². The average Bonchev–Trinajstić information content (AvgIpc) is 2.75. The maximum Gasteiger partial charge on any atom is 0.286 e. The largest absolute Gasteiger partial charge is 0.594 e. The summed E-state index contributed by atoms with van der Waals surface area (Å²) in [4.78, 5) is 0.353. The lowest BCUT2D eigenvalue weighted by molar-refractivity contribution is -0.436. The minimum atomic E-state index is -0.167. The van der Waals surface area contributed by atoms with Crippen LogP contribution in [0.1, 0.15) is 5.56 Å². The van der Waals surface area contributed by atoms with Gasteiger partial charge in [-0.05, 0) is 47.0 Å². The summed E-state index contributed by atoms with van der Waals surface area (Å²) >= 11 is 0. The minimum absolute atomic E-state index is 0.00186. The van der Waals surface area contributed by atoms with E-state index in [1.54, 1.807) is 48.5 Å². The number of phenols is 2. The molecule has 4 aromatic carbocycles. The van der Waals surface area contributed by atoms with Gasteiger partial charge >= 0.3 is 0 Å². The number of benzene rings is 4. The lowest BCUT2D eigenvalue weighted by Crippen LogP contribution is -1.92. The molecule has 7 heteroatoms. The number of rotatable bonds is 4. The average molecular weight is 398 g/mol. The molecule has 0 saturated carbocycles. The zero-order valence-corrected chi connectivity index (χ0v) is 16.1. The number of aromatic hydroxyl groups is 2. The number of aryl methyl sites for hydroxylation is 1. The lowest BCUT2D eigenvalue weighted by atomic mass is 10.1. The molecule has 0 unspecified atom stereocenters. The Balaban J connectivity index is 1.75. The molecule has 0 spiro atoms. The number of azo groups is 2. The fourth-order valence-electron chi connectivity index (χ4n) is 3.02. The monoisotopic (exact) mass is 398 g/mol. The first-order valence-corrected chi connectivity index (χ1v) is 9.23. The van der Waals surface area contributed by atoms with Crippen LogP contribution in [-0.2, 0) is 0 Å². The van der Waals surface area contributed by atoms with Crippen LogP contribution in [-0.4, -0.2) is 15.1 Å². The van der Waals surface area contributed by atoms with Gasteiger partial charge in [-0.15, -0.1) is 10.2 Å². The first kappa shape index (κ1) is 19.1. The van der Waals surface area contributed by atoms with Crippen molar-refractivity contribution >= 4 is 33.5 Å². The quantitative estimate of drug-likeness (QED) is 0.222. The molecule has 30 heavy (non-hydrogen) atoms. The molecule has 2 N–H and O–H groups in total. The van der Waals surface area contributed by atoms with Crippen LogP contribution < -0.4 is 0 Å². The molecule has 4 aromatic rings. The van der Waals surface area contributed by atoms with Gasteiger partial charge in [0.2, 0.25) is 0 Å². The number of hydrogen-bond acceptors (Lipinski definition) is 6. The van der Waals surface area contributed by atoms with Gasteiger partial charge in [0, 0.05) is 16.6 Å². The molecule has 148 valence electrons. The van der Waals surface area contributed by atoms with Crippen LogP contribution >= 0.6 is 0 Å². The maximum atomic E-state index is 12.5. The second kappa shape index (κ2) is 8.00. The smallest absolute Gasteiger partial charge is 0.286 e. The third kappa shape index (κ3) is 3.81. The van der Waals surface area contributed by atoms with Crippen molar-refractivity contribution in [1.29, 1.82) is 0 Å². The second-order valence-corrected chi connectivity index (χ2v) is 6.71. The Hall–Kier alpha value is -4.26. The van der Waals surface area contributed by atoms with Crippen molar-refractivity contribution < 1.29 is 15.1 Å². The van der Waals surface area contributed by atoms with Crippen molar-refractivity contribution in [3.8, 4) is 11.5 Å². The highest BCUT2D eigenvalue weighted by atomic mass is 16.5. The standard InChI is InChI=1S/C23H18N4O3/c1-15-10-12-21(28)20(14-15)27(30)26-19-9-5-4-8-18(19)24-25-23-17-7-3-2-6-16(17)11-13-22(23)29/h2-14,28-29H,1H3. The maximum absolute atomic E-state index is 12.5. The van der Waals surface area contributed by atoms with Gasteiger partial charge in [-0.1, -0.05) is 48.5 Å². The van der Waals surface area contributed by atoms with Gasteiger partial charge in [-0.3, -0.25) is 0 Å². The van der Waals surface area contributed by atoms with E-state index in [0.717, 1.165) is 16.3 Å². The van der Waals surface area contributed by atoms with E-state index in [-0.39, 0.29) is 22.9 Å². The zero-order chi connectivity index (χ0) is 21.1. The first-order valence-electron chi connectivity index (χ1n) is 9.23. The highest BCUT2D eigenvalue weighted by Crippen LogP contribution is 2.38. The molecule has 0 aromatic heterocycles. The predicted octanol–water partition coefficient (Wildman–Crippen LogP) is 6.90. The molecule has 0 radical (unpaired) electrons. The Labute approximate surface area is 172 Å². The third-order valence-electron chi connectivity index (χ3n) is 4.55. The first-order chi connectivity index (χ1) is 14.5. The van der Waals surface area contributed by atoms with Crippen LogP contribution in [0.3, 0.4) is 0 Å². The summed E-state index contributed by atoms with van der Waals surface area (Å²) in [5.74, 6) is -0.166. The van der Waals surface area contributed by atoms with E-state index in [1.807, 2.05) is 31.2 Å². The third-order valence-corrected chi connectivity index (χ3v) is 4.55. The van der Waals surface area contributed by atoms with Crippen LogP contribution in [0.15, 0.2) is 94.2 Å². The molecule has 0 saturated heterocycles. The molecular weight excluding hydrogens is 380 g/mol. The van der Waals surface area contributed by atoms with Gasteiger partial charge in [0.1, 0.15) is 17.1 Å². The molecule has 0 atom stereocenters. The van der Waals surface area contributed by atoms with Crippen molar-refractivity contribution in [2.75, 3.05) is 0 Å². The van der Waals surface area contributed by atoms with E-state index in [9.17, 15) is 15.4 Å². The molecule has 0 heterocycles. The van der Waals surface area contributed by atoms with E-state index in [2.05, 4.69) is 15.3 Å². The summed E-state index contributed by atoms with van der Waals surface area (Å²) in [5, 5.41) is 46.9. The van der Waals surface area contributed by atoms with Crippen molar-refractivity contribution in [3.63, 3.8) is 0 Å². The van der Waals surface area contributed by atoms with Crippen LogP contribution in [0, 0.1) is 12.1 Å². The second-order valence-electron chi connectivity index (χ2n) is 6.71. The Kier molecular flexibility index (Phi) is 5.09. The van der Waals surface area contributed by atoms with Crippen LogP contribution in [0.25, 0.3) is 10.8 Å². The summed E-state index contributed by atoms with van der Waals surface area (Å²) in [6.07, 6.45) is 0. The SMILES string of the molecule is Cc1ccc(O)c([N+]([O-])=Nc2ccccc2N=Nc2c(O)ccc3ccccc23)c1. The fourth-order valence-corrected chi connectivity index (χ4v) is 3.02. The Morgan fingerprint density at radius 3 is 2.30 bits per heavy atom. The zero-order valence-electron chi connectivity index (χ0n) is 16.1. The molecule has 4 rings (SSSR count). The van der Waals surface area contributed by atoms with E-state index in [4.69, 9.17) is 0 Å². The van der Waals surface area contributed by atoms with E-state index >= 15 is 0 Å². The Morgan fingerprint density at radius 1 is 0.767 bits per heavy atom. The highest BCUT2D eigenvalue weighted by Gasteiger charge is 2.13. The lowest BCUT2D eigenvalue weighted by Gasteiger charge is -2.05. The number of nitrogens with zero attached hydrogens (tertiary/aromatic N) is 4. The summed E-state index contributed by atoms with van der Waals surface area (Å²) in [6, 6.07) is 22.3. The van der Waals surface area contributed by atoms with E-state index in [0.29, 0.717) is 16.2 Å². The molecule has 0 aliphatic heterocycles. The molecule has 0 aliphatic carbocycles. The number of phenolic OH excluding ortho intramolecular Hbond substituents is 2. The summed E-state index contributed by atoms with van der Waals surface area (Å²) < 4.78 is 0. The molecule has 0 bridgehead atoms. The summed E-state index contributed by atoms with van der Waals surface area (Å²) in [6.45, 7) is 1.82. The minimum Gasteiger partial charge on any atom is -0.594 e. The molecule has 7 nitrogen and oxygen atoms in total. The van der Waals surface area contributed by atoms with E-state index in [1.165, 1.54) is 6.07 Å². The van der Waals surface area contributed by atoms with Crippen molar-refractivity contribution in [3.05, 3.63) is 89.6 Å². The van der Waals surface area contributed by atoms with Gasteiger partial charge in [0.25, 0.3) is 5.69 Å². The summed E-state index contributed by atoms with van der Waals surface area (Å²) in [7, 11) is 0. The van der Waals surface area contributed by atoms with Crippen LogP contribution in [0.4, 0.5) is 22.7 Å². The molecule has 0 aliphatic rings. The fraction of sp³-hybridized carbons (Fsp3) is 0.0435. The molecule has 0 fully saturated rings. The topological polar surface area (TPSA) is 104 Å². The van der Waals surface area contributed by atoms with Crippen molar-refractivity contribution in [1.82, 2.24) is 0 Å². The molecular formula is C23H18N4O3.